The molecule has 0 nitrogen and oxygen atoms in total. The van der Waals surface area contributed by atoms with E-state index < -0.39 is 5.82 Å². The lowest BCUT2D eigenvalue weighted by Gasteiger charge is -2.03. The summed E-state index contributed by atoms with van der Waals surface area (Å²) in [6.07, 6.45) is 0. The summed E-state index contributed by atoms with van der Waals surface area (Å²) < 4.78 is 26.1. The van der Waals surface area contributed by atoms with Crippen molar-refractivity contribution >= 4 is 11.6 Å². The summed E-state index contributed by atoms with van der Waals surface area (Å²) in [6.45, 7) is 0. The van der Waals surface area contributed by atoms with Gasteiger partial charge in [0.2, 0.25) is 0 Å². The van der Waals surface area contributed by atoms with Crippen LogP contribution in [-0.2, 0) is 0 Å². The van der Waals surface area contributed by atoms with Gasteiger partial charge in [-0.1, -0.05) is 23.7 Å². The van der Waals surface area contributed by atoms with Gasteiger partial charge < -0.3 is 0 Å². The molecule has 0 aliphatic carbocycles. The molecule has 0 bridgehead atoms. The van der Waals surface area contributed by atoms with Gasteiger partial charge >= 0.3 is 0 Å². The minimum atomic E-state index is -0.408. The van der Waals surface area contributed by atoms with E-state index in [0.29, 0.717) is 16.1 Å². The highest BCUT2D eigenvalue weighted by Crippen LogP contribution is 2.25. The first kappa shape index (κ1) is 10.1. The molecule has 0 saturated carbocycles. The van der Waals surface area contributed by atoms with Gasteiger partial charge in [0, 0.05) is 10.6 Å². The second-order valence-electron chi connectivity index (χ2n) is 3.13. The molecule has 3 heteroatoms. The van der Waals surface area contributed by atoms with E-state index in [-0.39, 0.29) is 5.82 Å². The summed E-state index contributed by atoms with van der Waals surface area (Å²) in [7, 11) is 0. The highest BCUT2D eigenvalue weighted by atomic mass is 35.5. The fraction of sp³-hybridized carbons (Fsp3) is 0. The summed E-state index contributed by atoms with van der Waals surface area (Å²) in [6, 6.07) is 10.1. The molecule has 2 aromatic carbocycles. The van der Waals surface area contributed by atoms with Crippen molar-refractivity contribution in [2.45, 2.75) is 0 Å². The van der Waals surface area contributed by atoms with Crippen LogP contribution in [0.25, 0.3) is 11.1 Å². The zero-order chi connectivity index (χ0) is 10.8. The number of hydrogen-bond donors (Lipinski definition) is 0. The molecule has 2 rings (SSSR count). The van der Waals surface area contributed by atoms with Crippen LogP contribution in [0.15, 0.2) is 42.5 Å². The Bertz CT molecular complexity index is 477. The molecule has 15 heavy (non-hydrogen) atoms. The van der Waals surface area contributed by atoms with Gasteiger partial charge in [-0.3, -0.25) is 0 Å². The summed E-state index contributed by atoms with van der Waals surface area (Å²) in [5.74, 6) is -0.748. The predicted octanol–water partition coefficient (Wildman–Crippen LogP) is 4.29. The standard InChI is InChI=1S/C12H7ClF2/c13-9-3-6-11(12(15)7-9)8-1-4-10(14)5-2-8/h1-7H. The maximum Gasteiger partial charge on any atom is 0.132 e. The topological polar surface area (TPSA) is 0 Å². The Morgan fingerprint density at radius 2 is 1.53 bits per heavy atom. The Hall–Kier alpha value is -1.41. The van der Waals surface area contributed by atoms with Crippen molar-refractivity contribution in [1.82, 2.24) is 0 Å². The van der Waals surface area contributed by atoms with Crippen molar-refractivity contribution in [2.75, 3.05) is 0 Å². The molecular weight excluding hydrogens is 218 g/mol. The average Bonchev–Trinajstić information content (AvgIpc) is 2.20. The highest BCUT2D eigenvalue weighted by Gasteiger charge is 2.05. The molecule has 76 valence electrons. The molecular formula is C12H7ClF2. The number of rotatable bonds is 1. The molecule has 0 unspecified atom stereocenters. The van der Waals surface area contributed by atoms with Gasteiger partial charge in [-0.15, -0.1) is 0 Å². The fourth-order valence-corrected chi connectivity index (χ4v) is 1.51. The van der Waals surface area contributed by atoms with E-state index >= 15 is 0 Å². The van der Waals surface area contributed by atoms with Crippen molar-refractivity contribution in [1.29, 1.82) is 0 Å². The maximum atomic E-state index is 13.5. The van der Waals surface area contributed by atoms with Crippen molar-refractivity contribution in [2.24, 2.45) is 0 Å². The highest BCUT2D eigenvalue weighted by molar-refractivity contribution is 6.30. The third-order valence-corrected chi connectivity index (χ3v) is 2.32. The first-order chi connectivity index (χ1) is 7.16. The Morgan fingerprint density at radius 1 is 0.867 bits per heavy atom. The molecule has 0 aliphatic rings. The van der Waals surface area contributed by atoms with Crippen LogP contribution in [-0.4, -0.2) is 0 Å². The molecule has 0 aromatic heterocycles. The van der Waals surface area contributed by atoms with E-state index in [1.165, 1.54) is 30.3 Å². The van der Waals surface area contributed by atoms with E-state index in [2.05, 4.69) is 0 Å². The molecule has 0 fully saturated rings. The monoisotopic (exact) mass is 224 g/mol. The van der Waals surface area contributed by atoms with Gasteiger partial charge in [0.15, 0.2) is 0 Å². The minimum absolute atomic E-state index is 0.340. The molecule has 0 saturated heterocycles. The smallest absolute Gasteiger partial charge is 0.132 e. The largest absolute Gasteiger partial charge is 0.207 e. The van der Waals surface area contributed by atoms with Crippen LogP contribution in [0.2, 0.25) is 5.02 Å². The van der Waals surface area contributed by atoms with E-state index in [1.807, 2.05) is 0 Å². The van der Waals surface area contributed by atoms with Crippen LogP contribution in [0.4, 0.5) is 8.78 Å². The predicted molar refractivity (Wildman–Crippen MR) is 56.8 cm³/mol. The van der Waals surface area contributed by atoms with E-state index in [9.17, 15) is 8.78 Å². The van der Waals surface area contributed by atoms with Gasteiger partial charge in [0.1, 0.15) is 11.6 Å². The normalized spacial score (nSPS) is 10.3. The second kappa shape index (κ2) is 3.99. The van der Waals surface area contributed by atoms with Gasteiger partial charge in [0.25, 0.3) is 0 Å². The van der Waals surface area contributed by atoms with Crippen LogP contribution in [0.5, 0.6) is 0 Å². The molecule has 0 aliphatic heterocycles. The lowest BCUT2D eigenvalue weighted by molar-refractivity contribution is 0.625. The maximum absolute atomic E-state index is 13.5. The van der Waals surface area contributed by atoms with E-state index in [1.54, 1.807) is 12.1 Å². The Labute approximate surface area is 91.1 Å². The number of hydrogen-bond acceptors (Lipinski definition) is 0. The van der Waals surface area contributed by atoms with Crippen molar-refractivity contribution in [3.63, 3.8) is 0 Å². The van der Waals surface area contributed by atoms with Gasteiger partial charge in [-0.25, -0.2) is 8.78 Å². The first-order valence-corrected chi connectivity index (χ1v) is 4.75. The summed E-state index contributed by atoms with van der Waals surface area (Å²) in [5, 5.41) is 0.346. The van der Waals surface area contributed by atoms with Crippen molar-refractivity contribution in [3.05, 3.63) is 59.1 Å². The van der Waals surface area contributed by atoms with Crippen molar-refractivity contribution in [3.8, 4) is 11.1 Å². The van der Waals surface area contributed by atoms with Crippen LogP contribution in [0.1, 0.15) is 0 Å². The van der Waals surface area contributed by atoms with E-state index in [0.717, 1.165) is 0 Å². The van der Waals surface area contributed by atoms with Gasteiger partial charge in [-0.2, -0.15) is 0 Å². The number of benzene rings is 2. The molecule has 0 heterocycles. The zero-order valence-corrected chi connectivity index (χ0v) is 8.43. The SMILES string of the molecule is Fc1ccc(-c2ccc(Cl)cc2F)cc1. The third-order valence-electron chi connectivity index (χ3n) is 2.09. The average molecular weight is 225 g/mol. The molecule has 0 spiro atoms. The Balaban J connectivity index is 2.49. The quantitative estimate of drug-likeness (QED) is 0.678. The first-order valence-electron chi connectivity index (χ1n) is 4.38. The van der Waals surface area contributed by atoms with Crippen molar-refractivity contribution < 1.29 is 8.78 Å². The molecule has 0 amide bonds. The van der Waals surface area contributed by atoms with Gasteiger partial charge in [0.05, 0.1) is 0 Å². The second-order valence-corrected chi connectivity index (χ2v) is 3.57. The molecule has 0 radical (unpaired) electrons. The van der Waals surface area contributed by atoms with Crippen LogP contribution in [0.3, 0.4) is 0 Å². The zero-order valence-electron chi connectivity index (χ0n) is 7.68. The minimum Gasteiger partial charge on any atom is -0.207 e. The summed E-state index contributed by atoms with van der Waals surface area (Å²) in [5.41, 5.74) is 1.05. The summed E-state index contributed by atoms with van der Waals surface area (Å²) in [4.78, 5) is 0. The molecule has 0 N–H and O–H groups in total. The lowest BCUT2D eigenvalue weighted by Crippen LogP contribution is -1.84. The Kier molecular flexibility index (Phi) is 2.69. The Morgan fingerprint density at radius 3 is 2.13 bits per heavy atom. The van der Waals surface area contributed by atoms with Crippen LogP contribution >= 0.6 is 11.6 Å². The molecule has 0 atom stereocenters. The van der Waals surface area contributed by atoms with E-state index in [4.69, 9.17) is 11.6 Å². The molecule has 2 aromatic rings. The van der Waals surface area contributed by atoms with Crippen LogP contribution in [0, 0.1) is 11.6 Å². The van der Waals surface area contributed by atoms with Gasteiger partial charge in [-0.05, 0) is 35.9 Å². The number of halogens is 3. The summed E-state index contributed by atoms with van der Waals surface area (Å²) >= 11 is 5.63. The lowest BCUT2D eigenvalue weighted by atomic mass is 10.1. The van der Waals surface area contributed by atoms with Crippen LogP contribution < -0.4 is 0 Å². The fourth-order valence-electron chi connectivity index (χ4n) is 1.35. The third kappa shape index (κ3) is 2.16.